The van der Waals surface area contributed by atoms with Crippen LogP contribution >= 0.6 is 0 Å². The number of piperidine rings is 1. The van der Waals surface area contributed by atoms with Gasteiger partial charge in [0.25, 0.3) is 0 Å². The zero-order valence-electron chi connectivity index (χ0n) is 12.6. The van der Waals surface area contributed by atoms with Crippen molar-refractivity contribution in [3.05, 3.63) is 35.9 Å². The van der Waals surface area contributed by atoms with E-state index in [0.717, 1.165) is 18.4 Å². The molecule has 1 saturated heterocycles. The number of nitrogens with one attached hydrogen (secondary N) is 1. The Labute approximate surface area is 130 Å². The molecule has 0 radical (unpaired) electrons. The third-order valence-corrected chi connectivity index (χ3v) is 4.09. The maximum Gasteiger partial charge on any atom is 0.407 e. The smallest absolute Gasteiger partial charge is 0.407 e. The van der Waals surface area contributed by atoms with Crippen molar-refractivity contribution in [1.82, 2.24) is 10.2 Å². The van der Waals surface area contributed by atoms with Gasteiger partial charge in [0.2, 0.25) is 5.91 Å². The summed E-state index contributed by atoms with van der Waals surface area (Å²) in [6, 6.07) is 9.13. The van der Waals surface area contributed by atoms with Crippen molar-refractivity contribution in [2.75, 3.05) is 19.6 Å². The van der Waals surface area contributed by atoms with Gasteiger partial charge in [-0.2, -0.15) is 0 Å². The minimum Gasteiger partial charge on any atom is -0.465 e. The average Bonchev–Trinajstić information content (AvgIpc) is 2.53. The zero-order chi connectivity index (χ0) is 15.9. The zero-order valence-corrected chi connectivity index (χ0v) is 12.6. The number of carbonyl (C=O) groups excluding carboxylic acids is 1. The summed E-state index contributed by atoms with van der Waals surface area (Å²) in [7, 11) is 0. The Morgan fingerprint density at radius 3 is 2.50 bits per heavy atom. The largest absolute Gasteiger partial charge is 0.465 e. The number of hydrogen-bond acceptors (Lipinski definition) is 3. The van der Waals surface area contributed by atoms with Crippen LogP contribution < -0.4 is 11.1 Å². The first-order chi connectivity index (χ1) is 10.6. The molecule has 0 aromatic heterocycles. The van der Waals surface area contributed by atoms with Gasteiger partial charge in [0.15, 0.2) is 0 Å². The summed E-state index contributed by atoms with van der Waals surface area (Å²) in [4.78, 5) is 24.3. The third-order valence-electron chi connectivity index (χ3n) is 4.09. The number of carboxylic acid groups (broad SMARTS) is 1. The van der Waals surface area contributed by atoms with Gasteiger partial charge in [-0.1, -0.05) is 30.3 Å². The second kappa shape index (κ2) is 7.79. The van der Waals surface area contributed by atoms with Gasteiger partial charge in [0.1, 0.15) is 0 Å². The molecule has 6 heteroatoms. The van der Waals surface area contributed by atoms with E-state index in [2.05, 4.69) is 5.32 Å². The molecule has 1 heterocycles. The van der Waals surface area contributed by atoms with Crippen molar-refractivity contribution in [1.29, 1.82) is 0 Å². The van der Waals surface area contributed by atoms with Crippen LogP contribution in [0.3, 0.4) is 0 Å². The molecule has 120 valence electrons. The van der Waals surface area contributed by atoms with E-state index in [4.69, 9.17) is 10.8 Å². The molecule has 1 aromatic rings. The first-order valence-electron chi connectivity index (χ1n) is 7.61. The summed E-state index contributed by atoms with van der Waals surface area (Å²) in [6.07, 6.45) is 1.21. The second-order valence-electron chi connectivity index (χ2n) is 5.75. The Kier molecular flexibility index (Phi) is 5.77. The van der Waals surface area contributed by atoms with Gasteiger partial charge in [0.05, 0.1) is 6.04 Å². The van der Waals surface area contributed by atoms with E-state index in [-0.39, 0.29) is 5.91 Å². The average molecular weight is 305 g/mol. The minimum absolute atomic E-state index is 0.149. The molecule has 4 N–H and O–H groups in total. The molecule has 0 aliphatic carbocycles. The molecule has 0 bridgehead atoms. The van der Waals surface area contributed by atoms with Crippen molar-refractivity contribution < 1.29 is 14.7 Å². The lowest BCUT2D eigenvalue weighted by Crippen LogP contribution is -2.45. The molecule has 1 aliphatic rings. The van der Waals surface area contributed by atoms with Crippen molar-refractivity contribution in [3.63, 3.8) is 0 Å². The van der Waals surface area contributed by atoms with E-state index in [1.165, 1.54) is 4.90 Å². The number of hydrogen-bond donors (Lipinski definition) is 3. The van der Waals surface area contributed by atoms with E-state index in [1.54, 1.807) is 0 Å². The predicted octanol–water partition coefficient (Wildman–Crippen LogP) is 1.06. The van der Waals surface area contributed by atoms with Gasteiger partial charge >= 0.3 is 6.09 Å². The minimum atomic E-state index is -0.868. The van der Waals surface area contributed by atoms with Crippen LogP contribution in [-0.4, -0.2) is 47.7 Å². The van der Waals surface area contributed by atoms with Crippen LogP contribution in [0.2, 0.25) is 0 Å². The van der Waals surface area contributed by atoms with Crippen LogP contribution in [0.25, 0.3) is 0 Å². The topological polar surface area (TPSA) is 95.7 Å². The highest BCUT2D eigenvalue weighted by molar-refractivity contribution is 5.81. The Hall–Kier alpha value is -2.08. The quantitative estimate of drug-likeness (QED) is 0.758. The molecule has 0 unspecified atom stereocenters. The normalized spacial score (nSPS) is 17.0. The van der Waals surface area contributed by atoms with Gasteiger partial charge in [-0.3, -0.25) is 4.79 Å². The SMILES string of the molecule is N[C@H](Cc1ccccc1)C(=O)NCC1CCN(C(=O)O)CC1. The number of benzene rings is 1. The van der Waals surface area contributed by atoms with Gasteiger partial charge in [0, 0.05) is 19.6 Å². The van der Waals surface area contributed by atoms with Crippen molar-refractivity contribution in [3.8, 4) is 0 Å². The second-order valence-corrected chi connectivity index (χ2v) is 5.75. The fourth-order valence-electron chi connectivity index (χ4n) is 2.67. The fraction of sp³-hybridized carbons (Fsp3) is 0.500. The van der Waals surface area contributed by atoms with Crippen LogP contribution in [0, 0.1) is 5.92 Å². The molecule has 1 atom stereocenters. The van der Waals surface area contributed by atoms with Gasteiger partial charge in [-0.05, 0) is 30.7 Å². The van der Waals surface area contributed by atoms with E-state index >= 15 is 0 Å². The van der Waals surface area contributed by atoms with Gasteiger partial charge in [-0.25, -0.2) is 4.79 Å². The predicted molar refractivity (Wildman–Crippen MR) is 83.5 cm³/mol. The van der Waals surface area contributed by atoms with E-state index in [9.17, 15) is 9.59 Å². The first kappa shape index (κ1) is 16.3. The van der Waals surface area contributed by atoms with E-state index in [0.29, 0.717) is 32.0 Å². The lowest BCUT2D eigenvalue weighted by atomic mass is 9.97. The summed E-state index contributed by atoms with van der Waals surface area (Å²) in [5.41, 5.74) is 6.97. The molecule has 6 nitrogen and oxygen atoms in total. The highest BCUT2D eigenvalue weighted by Gasteiger charge is 2.23. The summed E-state index contributed by atoms with van der Waals surface area (Å²) in [6.45, 7) is 1.63. The summed E-state index contributed by atoms with van der Waals surface area (Å²) in [5.74, 6) is 0.174. The lowest BCUT2D eigenvalue weighted by molar-refractivity contribution is -0.122. The van der Waals surface area contributed by atoms with E-state index in [1.807, 2.05) is 30.3 Å². The van der Waals surface area contributed by atoms with Crippen LogP contribution in [-0.2, 0) is 11.2 Å². The van der Waals surface area contributed by atoms with Crippen molar-refractivity contribution >= 4 is 12.0 Å². The maximum absolute atomic E-state index is 12.0. The van der Waals surface area contributed by atoms with Crippen LogP contribution in [0.15, 0.2) is 30.3 Å². The number of carbonyl (C=O) groups is 2. The number of amides is 2. The fourth-order valence-corrected chi connectivity index (χ4v) is 2.67. The van der Waals surface area contributed by atoms with Crippen LogP contribution in [0.5, 0.6) is 0 Å². The first-order valence-corrected chi connectivity index (χ1v) is 7.61. The molecule has 2 amide bonds. The number of rotatable bonds is 5. The summed E-state index contributed by atoms with van der Waals surface area (Å²) >= 11 is 0. The lowest BCUT2D eigenvalue weighted by Gasteiger charge is -2.30. The molecule has 1 aromatic carbocycles. The Morgan fingerprint density at radius 1 is 1.27 bits per heavy atom. The monoisotopic (exact) mass is 305 g/mol. The number of likely N-dealkylation sites (tertiary alicyclic amines) is 1. The molecule has 0 spiro atoms. The molecule has 1 fully saturated rings. The van der Waals surface area contributed by atoms with Crippen LogP contribution in [0.4, 0.5) is 4.79 Å². The van der Waals surface area contributed by atoms with Crippen LogP contribution in [0.1, 0.15) is 18.4 Å². The molecule has 1 aliphatic heterocycles. The third kappa shape index (κ3) is 4.73. The Balaban J connectivity index is 1.70. The van der Waals surface area contributed by atoms with Crippen molar-refractivity contribution in [2.24, 2.45) is 11.7 Å². The summed E-state index contributed by atoms with van der Waals surface area (Å²) in [5, 5.41) is 11.8. The molecular weight excluding hydrogens is 282 g/mol. The Bertz CT molecular complexity index is 499. The highest BCUT2D eigenvalue weighted by atomic mass is 16.4. The molecule has 2 rings (SSSR count). The summed E-state index contributed by atoms with van der Waals surface area (Å²) < 4.78 is 0. The molecule has 0 saturated carbocycles. The van der Waals surface area contributed by atoms with Crippen molar-refractivity contribution in [2.45, 2.75) is 25.3 Å². The van der Waals surface area contributed by atoms with Gasteiger partial charge in [-0.15, -0.1) is 0 Å². The molecular formula is C16H23N3O3. The number of nitrogens with zero attached hydrogens (tertiary/aromatic N) is 1. The molecule has 22 heavy (non-hydrogen) atoms. The van der Waals surface area contributed by atoms with Gasteiger partial charge < -0.3 is 21.1 Å². The standard InChI is InChI=1S/C16H23N3O3/c17-14(10-12-4-2-1-3-5-12)15(20)18-11-13-6-8-19(9-7-13)16(21)22/h1-5,13-14H,6-11,17H2,(H,18,20)(H,21,22)/t14-/m1/s1. The Morgan fingerprint density at radius 2 is 1.91 bits per heavy atom. The van der Waals surface area contributed by atoms with E-state index < -0.39 is 12.1 Å². The maximum atomic E-state index is 12.0. The number of nitrogens with two attached hydrogens (primary N) is 1. The highest BCUT2D eigenvalue weighted by Crippen LogP contribution is 2.16.